The van der Waals surface area contributed by atoms with Crippen LogP contribution in [0.25, 0.3) is 0 Å². The second kappa shape index (κ2) is 13.1. The Hall–Kier alpha value is -3.18. The minimum atomic E-state index is -0.869. The highest BCUT2D eigenvalue weighted by molar-refractivity contribution is 7.80. The van der Waals surface area contributed by atoms with E-state index in [-0.39, 0.29) is 21.9 Å². The number of anilines is 1. The Balaban J connectivity index is 1.37. The number of thiocarbonyl (C=S) groups is 1. The molecule has 1 aliphatic rings. The third-order valence-electron chi connectivity index (χ3n) is 5.58. The van der Waals surface area contributed by atoms with Crippen molar-refractivity contribution in [3.63, 3.8) is 0 Å². The number of hydrazine groups is 1. The van der Waals surface area contributed by atoms with Gasteiger partial charge in [-0.1, -0.05) is 12.1 Å². The lowest BCUT2D eigenvalue weighted by atomic mass is 10.1. The molecule has 1 saturated heterocycles. The van der Waals surface area contributed by atoms with Crippen LogP contribution in [-0.2, 0) is 0 Å². The minimum Gasteiger partial charge on any atom is -0.361 e. The van der Waals surface area contributed by atoms with Crippen LogP contribution in [0, 0.1) is 11.6 Å². The summed E-state index contributed by atoms with van der Waals surface area (Å²) in [5.74, 6) is -3.06. The highest BCUT2D eigenvalue weighted by atomic mass is 32.1. The average molecular weight is 508 g/mol. The molecule has 0 radical (unpaired) electrons. The number of benzene rings is 2. The Bertz CT molecular complexity index is 1050. The van der Waals surface area contributed by atoms with E-state index in [9.17, 15) is 22.8 Å². The maximum atomic E-state index is 14.4. The second-order valence-corrected chi connectivity index (χ2v) is 8.60. The minimum absolute atomic E-state index is 0.0755. The molecule has 0 bridgehead atoms. The number of carbonyl (C=O) groups excluding carboxylic acids is 2. The summed E-state index contributed by atoms with van der Waals surface area (Å²) in [5, 5.41) is 5.54. The fourth-order valence-corrected chi connectivity index (χ4v) is 3.79. The zero-order valence-electron chi connectivity index (χ0n) is 19.1. The number of carbonyl (C=O) groups is 2. The van der Waals surface area contributed by atoms with E-state index in [0.29, 0.717) is 19.4 Å². The summed E-state index contributed by atoms with van der Waals surface area (Å²) in [6.07, 6.45) is 2.29. The molecule has 2 aromatic carbocycles. The van der Waals surface area contributed by atoms with Crippen molar-refractivity contribution in [2.45, 2.75) is 31.9 Å². The number of nitrogens with one attached hydrogen (secondary N) is 4. The molecule has 188 valence electrons. The Kier molecular flexibility index (Phi) is 9.86. The van der Waals surface area contributed by atoms with Gasteiger partial charge in [-0.15, -0.1) is 0 Å². The van der Waals surface area contributed by atoms with Gasteiger partial charge in [-0.2, -0.15) is 0 Å². The quantitative estimate of drug-likeness (QED) is 0.249. The molecular formula is C24H28F3N5O2S. The van der Waals surface area contributed by atoms with Crippen LogP contribution in [0.3, 0.4) is 0 Å². The van der Waals surface area contributed by atoms with Gasteiger partial charge in [0.05, 0.1) is 11.1 Å². The summed E-state index contributed by atoms with van der Waals surface area (Å²) in [6, 6.07) is 8.93. The van der Waals surface area contributed by atoms with Gasteiger partial charge < -0.3 is 15.5 Å². The van der Waals surface area contributed by atoms with Crippen molar-refractivity contribution in [2.24, 2.45) is 0 Å². The van der Waals surface area contributed by atoms with Crippen LogP contribution in [0.5, 0.6) is 0 Å². The first-order valence-electron chi connectivity index (χ1n) is 11.4. The summed E-state index contributed by atoms with van der Waals surface area (Å²) in [5.41, 5.74) is 4.47. The average Bonchev–Trinajstić information content (AvgIpc) is 2.84. The van der Waals surface area contributed by atoms with Gasteiger partial charge >= 0.3 is 0 Å². The highest BCUT2D eigenvalue weighted by Gasteiger charge is 2.18. The maximum absolute atomic E-state index is 14.4. The summed E-state index contributed by atoms with van der Waals surface area (Å²) in [4.78, 5) is 26.7. The molecule has 7 nitrogen and oxygen atoms in total. The van der Waals surface area contributed by atoms with Crippen molar-refractivity contribution in [2.75, 3.05) is 31.5 Å². The number of alkyl halides is 1. The van der Waals surface area contributed by atoms with Crippen molar-refractivity contribution in [1.29, 1.82) is 0 Å². The molecule has 0 aliphatic carbocycles. The first-order valence-corrected chi connectivity index (χ1v) is 11.8. The summed E-state index contributed by atoms with van der Waals surface area (Å²) < 4.78 is 41.3. The molecule has 1 aliphatic heterocycles. The van der Waals surface area contributed by atoms with Crippen molar-refractivity contribution in [1.82, 2.24) is 21.1 Å². The third-order valence-corrected chi connectivity index (χ3v) is 5.83. The zero-order valence-corrected chi connectivity index (χ0v) is 19.9. The number of piperidine rings is 1. The van der Waals surface area contributed by atoms with Gasteiger partial charge in [0.1, 0.15) is 17.8 Å². The van der Waals surface area contributed by atoms with Crippen LogP contribution in [0.4, 0.5) is 18.9 Å². The number of amides is 2. The predicted molar refractivity (Wildman–Crippen MR) is 132 cm³/mol. The van der Waals surface area contributed by atoms with E-state index >= 15 is 0 Å². The SMILES string of the molecule is O=C(NNC(=S)NCCCCN1CCC(F)CC1)c1ccc(NC(=O)c2ccccc2F)cc1F. The fourth-order valence-electron chi connectivity index (χ4n) is 3.63. The Morgan fingerprint density at radius 3 is 2.37 bits per heavy atom. The number of likely N-dealkylation sites (tertiary alicyclic amines) is 1. The molecule has 0 saturated carbocycles. The van der Waals surface area contributed by atoms with Gasteiger partial charge in [0.15, 0.2) is 5.11 Å². The number of rotatable bonds is 8. The van der Waals surface area contributed by atoms with Crippen LogP contribution < -0.4 is 21.5 Å². The molecule has 0 atom stereocenters. The Morgan fingerprint density at radius 1 is 0.943 bits per heavy atom. The van der Waals surface area contributed by atoms with Crippen molar-refractivity contribution in [3.05, 3.63) is 65.2 Å². The maximum Gasteiger partial charge on any atom is 0.272 e. The van der Waals surface area contributed by atoms with Crippen LogP contribution in [0.15, 0.2) is 42.5 Å². The predicted octanol–water partition coefficient (Wildman–Crippen LogP) is 3.54. The molecule has 4 N–H and O–H groups in total. The summed E-state index contributed by atoms with van der Waals surface area (Å²) >= 11 is 5.11. The van der Waals surface area contributed by atoms with E-state index in [1.165, 1.54) is 30.3 Å². The molecule has 2 aromatic rings. The standard InChI is InChI=1S/C24H28F3N5O2S/c25-16-9-13-32(14-10-16)12-4-3-11-28-24(35)31-30-23(34)19-8-7-17(15-21(19)27)29-22(33)18-5-1-2-6-20(18)26/h1-2,5-8,15-16H,3-4,9-14H2,(H,29,33)(H,30,34)(H2,28,31,35). The van der Waals surface area contributed by atoms with E-state index < -0.39 is 29.6 Å². The first kappa shape index (κ1) is 26.4. The smallest absolute Gasteiger partial charge is 0.272 e. The van der Waals surface area contributed by atoms with Gasteiger partial charge in [0, 0.05) is 25.3 Å². The summed E-state index contributed by atoms with van der Waals surface area (Å²) in [7, 11) is 0. The second-order valence-electron chi connectivity index (χ2n) is 8.19. The Labute approximate surface area is 207 Å². The van der Waals surface area contributed by atoms with Crippen LogP contribution in [0.1, 0.15) is 46.4 Å². The molecule has 0 unspecified atom stereocenters. The number of nitrogens with zero attached hydrogens (tertiary/aromatic N) is 1. The lowest BCUT2D eigenvalue weighted by Gasteiger charge is -2.28. The van der Waals surface area contributed by atoms with Crippen LogP contribution in [-0.4, -0.2) is 54.2 Å². The van der Waals surface area contributed by atoms with Gasteiger partial charge in [0.2, 0.25) is 0 Å². The molecular weight excluding hydrogens is 479 g/mol. The van der Waals surface area contributed by atoms with E-state index in [2.05, 4.69) is 26.4 Å². The zero-order chi connectivity index (χ0) is 25.2. The van der Waals surface area contributed by atoms with E-state index in [1.54, 1.807) is 0 Å². The van der Waals surface area contributed by atoms with Crippen molar-refractivity contribution in [3.8, 4) is 0 Å². The molecule has 0 spiro atoms. The van der Waals surface area contributed by atoms with Crippen molar-refractivity contribution < 1.29 is 22.8 Å². The van der Waals surface area contributed by atoms with Gasteiger partial charge in [0.25, 0.3) is 11.8 Å². The lowest BCUT2D eigenvalue weighted by Crippen LogP contribution is -2.47. The highest BCUT2D eigenvalue weighted by Crippen LogP contribution is 2.17. The van der Waals surface area contributed by atoms with Gasteiger partial charge in [-0.05, 0) is 74.8 Å². The van der Waals surface area contributed by atoms with Gasteiger partial charge in [-0.3, -0.25) is 20.4 Å². The van der Waals surface area contributed by atoms with Crippen LogP contribution in [0.2, 0.25) is 0 Å². The molecule has 2 amide bonds. The van der Waals surface area contributed by atoms with Gasteiger partial charge in [-0.25, -0.2) is 13.2 Å². The number of unbranched alkanes of at least 4 members (excludes halogenated alkanes) is 1. The number of hydrogen-bond acceptors (Lipinski definition) is 4. The van der Waals surface area contributed by atoms with Crippen LogP contribution >= 0.6 is 12.2 Å². The molecule has 1 fully saturated rings. The number of halogens is 3. The largest absolute Gasteiger partial charge is 0.361 e. The van der Waals surface area contributed by atoms with E-state index in [0.717, 1.165) is 44.6 Å². The normalized spacial score (nSPS) is 14.3. The number of hydrogen-bond donors (Lipinski definition) is 4. The monoisotopic (exact) mass is 507 g/mol. The third kappa shape index (κ3) is 8.22. The lowest BCUT2D eigenvalue weighted by molar-refractivity contribution is 0.0939. The van der Waals surface area contributed by atoms with E-state index in [4.69, 9.17) is 12.2 Å². The van der Waals surface area contributed by atoms with Crippen molar-refractivity contribution >= 4 is 34.8 Å². The molecule has 0 aromatic heterocycles. The Morgan fingerprint density at radius 2 is 1.66 bits per heavy atom. The molecule has 3 rings (SSSR count). The van der Waals surface area contributed by atoms with E-state index in [1.807, 2.05) is 0 Å². The molecule has 11 heteroatoms. The first-order chi connectivity index (χ1) is 16.8. The molecule has 35 heavy (non-hydrogen) atoms. The molecule has 1 heterocycles. The summed E-state index contributed by atoms with van der Waals surface area (Å²) in [6.45, 7) is 3.07. The fraction of sp³-hybridized carbons (Fsp3) is 0.375. The topological polar surface area (TPSA) is 85.5 Å².